The Balaban J connectivity index is 1.99. The summed E-state index contributed by atoms with van der Waals surface area (Å²) >= 11 is 0. The lowest BCUT2D eigenvalue weighted by Crippen LogP contribution is -2.30. The van der Waals surface area contributed by atoms with Crippen LogP contribution in [-0.2, 0) is 9.05 Å². The molecule has 0 aromatic rings. The van der Waals surface area contributed by atoms with E-state index in [2.05, 4.69) is 17.9 Å². The first-order valence-electron chi connectivity index (χ1n) is 6.88. The summed E-state index contributed by atoms with van der Waals surface area (Å²) in [4.78, 5) is 2.58. The largest absolute Gasteiger partial charge is 0.334 e. The van der Waals surface area contributed by atoms with Crippen LogP contribution >= 0.6 is 8.38 Å². The second-order valence-electron chi connectivity index (χ2n) is 4.61. The van der Waals surface area contributed by atoms with Crippen LogP contribution in [0.4, 0.5) is 0 Å². The highest BCUT2D eigenvalue weighted by Crippen LogP contribution is 2.33. The minimum absolute atomic E-state index is 0.446. The van der Waals surface area contributed by atoms with Gasteiger partial charge in [0.05, 0.1) is 25.7 Å². The molecule has 1 rings (SSSR count). The standard InChI is InChI=1S/C13H25N2O2P/c1-3-13-7-4-9-15(13)10-6-12-17-18(2)16-11-5-8-14/h13H,3-7,9-12H2,1-2H3. The van der Waals surface area contributed by atoms with Crippen LogP contribution in [0.1, 0.15) is 39.0 Å². The van der Waals surface area contributed by atoms with Gasteiger partial charge in [0.1, 0.15) is 0 Å². The molecule has 1 saturated heterocycles. The molecular weight excluding hydrogens is 247 g/mol. The Morgan fingerprint density at radius 3 is 2.89 bits per heavy atom. The maximum absolute atomic E-state index is 8.39. The van der Waals surface area contributed by atoms with E-state index in [1.54, 1.807) is 0 Å². The van der Waals surface area contributed by atoms with Crippen molar-refractivity contribution in [3.05, 3.63) is 0 Å². The minimum atomic E-state index is -0.800. The van der Waals surface area contributed by atoms with Gasteiger partial charge in [-0.3, -0.25) is 0 Å². The molecule has 2 unspecified atom stereocenters. The molecule has 5 heteroatoms. The number of hydrogen-bond acceptors (Lipinski definition) is 4. The lowest BCUT2D eigenvalue weighted by atomic mass is 10.2. The molecule has 0 aromatic heterocycles. The molecule has 0 radical (unpaired) electrons. The highest BCUT2D eigenvalue weighted by molar-refractivity contribution is 7.46. The van der Waals surface area contributed by atoms with Crippen LogP contribution in [0, 0.1) is 11.3 Å². The van der Waals surface area contributed by atoms with Gasteiger partial charge in [-0.2, -0.15) is 5.26 Å². The van der Waals surface area contributed by atoms with Gasteiger partial charge in [-0.15, -0.1) is 0 Å². The Labute approximate surface area is 112 Å². The van der Waals surface area contributed by atoms with Crippen molar-refractivity contribution < 1.29 is 9.05 Å². The van der Waals surface area contributed by atoms with E-state index >= 15 is 0 Å². The third kappa shape index (κ3) is 6.11. The first-order chi connectivity index (χ1) is 8.77. The first-order valence-corrected chi connectivity index (χ1v) is 8.51. The summed E-state index contributed by atoms with van der Waals surface area (Å²) in [6, 6.07) is 2.85. The Morgan fingerprint density at radius 2 is 2.17 bits per heavy atom. The predicted molar refractivity (Wildman–Crippen MR) is 74.5 cm³/mol. The smallest absolute Gasteiger partial charge is 0.167 e. The second-order valence-corrected chi connectivity index (χ2v) is 6.00. The van der Waals surface area contributed by atoms with Crippen molar-refractivity contribution in [3.63, 3.8) is 0 Å². The third-order valence-electron chi connectivity index (χ3n) is 3.32. The number of nitriles is 1. The molecule has 1 fully saturated rings. The van der Waals surface area contributed by atoms with Gasteiger partial charge in [-0.1, -0.05) is 6.92 Å². The molecule has 2 atom stereocenters. The maximum Gasteiger partial charge on any atom is 0.167 e. The second kappa shape index (κ2) is 9.69. The van der Waals surface area contributed by atoms with Crippen LogP contribution in [0.2, 0.25) is 0 Å². The number of hydrogen-bond donors (Lipinski definition) is 0. The zero-order valence-corrected chi connectivity index (χ0v) is 12.5. The molecule has 0 bridgehead atoms. The predicted octanol–water partition coefficient (Wildman–Crippen LogP) is 3.14. The normalized spacial score (nSPS) is 21.9. The van der Waals surface area contributed by atoms with Gasteiger partial charge in [0, 0.05) is 19.3 Å². The Kier molecular flexibility index (Phi) is 8.54. The summed E-state index contributed by atoms with van der Waals surface area (Å²) < 4.78 is 11.0. The third-order valence-corrected chi connectivity index (χ3v) is 4.41. The fourth-order valence-corrected chi connectivity index (χ4v) is 3.18. The van der Waals surface area contributed by atoms with Crippen LogP contribution in [0.5, 0.6) is 0 Å². The number of rotatable bonds is 9. The molecule has 0 aromatic carbocycles. The van der Waals surface area contributed by atoms with Gasteiger partial charge in [0.15, 0.2) is 8.38 Å². The molecule has 0 N–H and O–H groups in total. The van der Waals surface area contributed by atoms with Crippen LogP contribution in [0.3, 0.4) is 0 Å². The molecule has 104 valence electrons. The van der Waals surface area contributed by atoms with Crippen LogP contribution < -0.4 is 0 Å². The minimum Gasteiger partial charge on any atom is -0.334 e. The molecular formula is C13H25N2O2P. The van der Waals surface area contributed by atoms with E-state index in [1.807, 2.05) is 6.66 Å². The van der Waals surface area contributed by atoms with E-state index < -0.39 is 8.38 Å². The molecule has 18 heavy (non-hydrogen) atoms. The van der Waals surface area contributed by atoms with Gasteiger partial charge < -0.3 is 13.9 Å². The zero-order chi connectivity index (χ0) is 13.2. The monoisotopic (exact) mass is 272 g/mol. The van der Waals surface area contributed by atoms with Crippen molar-refractivity contribution in [3.8, 4) is 6.07 Å². The average molecular weight is 272 g/mol. The van der Waals surface area contributed by atoms with Gasteiger partial charge in [-0.25, -0.2) is 0 Å². The summed E-state index contributed by atoms with van der Waals surface area (Å²) in [5, 5.41) is 8.39. The summed E-state index contributed by atoms with van der Waals surface area (Å²) in [6.07, 6.45) is 5.48. The molecule has 4 nitrogen and oxygen atoms in total. The van der Waals surface area contributed by atoms with Crippen LogP contribution in [-0.4, -0.2) is 43.9 Å². The Hall–Kier alpha value is -0.200. The van der Waals surface area contributed by atoms with Gasteiger partial charge in [0.25, 0.3) is 0 Å². The SMILES string of the molecule is CCC1CCCN1CCCOP(C)OCCC#N. The van der Waals surface area contributed by atoms with E-state index in [4.69, 9.17) is 14.3 Å². The van der Waals surface area contributed by atoms with Crippen molar-refractivity contribution in [2.45, 2.75) is 45.1 Å². The fourth-order valence-electron chi connectivity index (χ4n) is 2.37. The molecule has 1 aliphatic rings. The Bertz CT molecular complexity index is 258. The summed E-state index contributed by atoms with van der Waals surface area (Å²) in [7, 11) is -0.800. The summed E-state index contributed by atoms with van der Waals surface area (Å²) in [5.41, 5.74) is 0. The van der Waals surface area contributed by atoms with E-state index in [0.29, 0.717) is 13.0 Å². The van der Waals surface area contributed by atoms with Crippen molar-refractivity contribution in [1.82, 2.24) is 4.90 Å². The highest BCUT2D eigenvalue weighted by atomic mass is 31.2. The fraction of sp³-hybridized carbons (Fsp3) is 0.923. The summed E-state index contributed by atoms with van der Waals surface area (Å²) in [5.74, 6) is 0. The molecule has 0 amide bonds. The first kappa shape index (κ1) is 15.9. The zero-order valence-electron chi connectivity index (χ0n) is 11.6. The molecule has 0 aliphatic carbocycles. The number of likely N-dealkylation sites (tertiary alicyclic amines) is 1. The highest BCUT2D eigenvalue weighted by Gasteiger charge is 2.21. The van der Waals surface area contributed by atoms with Crippen LogP contribution in [0.15, 0.2) is 0 Å². The Morgan fingerprint density at radius 1 is 1.39 bits per heavy atom. The van der Waals surface area contributed by atoms with Crippen molar-refractivity contribution >= 4 is 8.38 Å². The molecule has 1 heterocycles. The molecule has 0 spiro atoms. The van der Waals surface area contributed by atoms with Gasteiger partial charge in [0.2, 0.25) is 0 Å². The van der Waals surface area contributed by atoms with E-state index in [1.165, 1.54) is 25.8 Å². The quantitative estimate of drug-likeness (QED) is 0.478. The van der Waals surface area contributed by atoms with Gasteiger partial charge >= 0.3 is 0 Å². The lowest BCUT2D eigenvalue weighted by molar-refractivity contribution is 0.208. The number of nitrogens with zero attached hydrogens (tertiary/aromatic N) is 2. The molecule has 1 aliphatic heterocycles. The topological polar surface area (TPSA) is 45.5 Å². The van der Waals surface area contributed by atoms with E-state index in [9.17, 15) is 0 Å². The van der Waals surface area contributed by atoms with Crippen LogP contribution in [0.25, 0.3) is 0 Å². The van der Waals surface area contributed by atoms with Gasteiger partial charge in [-0.05, 0) is 32.2 Å². The van der Waals surface area contributed by atoms with E-state index in [-0.39, 0.29) is 0 Å². The maximum atomic E-state index is 8.39. The van der Waals surface area contributed by atoms with E-state index in [0.717, 1.165) is 25.6 Å². The van der Waals surface area contributed by atoms with Crippen molar-refractivity contribution in [2.75, 3.05) is 33.0 Å². The average Bonchev–Trinajstić information content (AvgIpc) is 2.82. The van der Waals surface area contributed by atoms with Crippen molar-refractivity contribution in [2.24, 2.45) is 0 Å². The summed E-state index contributed by atoms with van der Waals surface area (Å²) in [6.45, 7) is 7.87. The lowest BCUT2D eigenvalue weighted by Gasteiger charge is -2.23. The molecule has 0 saturated carbocycles. The van der Waals surface area contributed by atoms with Crippen molar-refractivity contribution in [1.29, 1.82) is 5.26 Å².